The molecule has 2 heterocycles. The van der Waals surface area contributed by atoms with E-state index in [1.54, 1.807) is 19.4 Å². The van der Waals surface area contributed by atoms with Gasteiger partial charge in [0.2, 0.25) is 5.88 Å². The molecule has 0 radical (unpaired) electrons. The van der Waals surface area contributed by atoms with Gasteiger partial charge in [0.05, 0.1) is 12.1 Å². The third kappa shape index (κ3) is 1.55. The largest absolute Gasteiger partial charge is 0.481 e. The first-order chi connectivity index (χ1) is 6.29. The number of ether oxygens (including phenoxy) is 1. The Morgan fingerprint density at radius 1 is 1.38 bits per heavy atom. The van der Waals surface area contributed by atoms with Crippen LogP contribution in [-0.4, -0.2) is 17.1 Å². The van der Waals surface area contributed by atoms with Gasteiger partial charge in [-0.25, -0.2) is 4.98 Å². The fraction of sp³-hybridized carbons (Fsp3) is 0.111. The fourth-order valence-corrected chi connectivity index (χ4v) is 1.25. The molecule has 0 aromatic carbocycles. The molecule has 2 rings (SSSR count). The van der Waals surface area contributed by atoms with Crippen molar-refractivity contribution >= 4 is 22.6 Å². The molecule has 0 aliphatic carbocycles. The van der Waals surface area contributed by atoms with Crippen LogP contribution in [-0.2, 0) is 0 Å². The molecule has 4 heteroatoms. The normalized spacial score (nSPS) is 10.3. The smallest absolute Gasteiger partial charge is 0.215 e. The van der Waals surface area contributed by atoms with Crippen molar-refractivity contribution in [1.82, 2.24) is 9.97 Å². The summed E-state index contributed by atoms with van der Waals surface area (Å²) in [6.45, 7) is 0. The molecule has 0 saturated carbocycles. The van der Waals surface area contributed by atoms with Crippen LogP contribution in [0.15, 0.2) is 24.4 Å². The third-order valence-electron chi connectivity index (χ3n) is 1.69. The summed E-state index contributed by atoms with van der Waals surface area (Å²) < 4.78 is 4.97. The maximum absolute atomic E-state index is 5.77. The Bertz CT molecular complexity index is 445. The van der Waals surface area contributed by atoms with Gasteiger partial charge >= 0.3 is 0 Å². The van der Waals surface area contributed by atoms with Crippen molar-refractivity contribution in [3.05, 3.63) is 29.4 Å². The maximum atomic E-state index is 5.77. The molecular weight excluding hydrogens is 188 g/mol. The summed E-state index contributed by atoms with van der Waals surface area (Å²) >= 11 is 5.77. The number of aromatic nitrogens is 2. The van der Waals surface area contributed by atoms with E-state index in [1.165, 1.54) is 0 Å². The van der Waals surface area contributed by atoms with Gasteiger partial charge in [0, 0.05) is 17.6 Å². The van der Waals surface area contributed by atoms with Gasteiger partial charge in [-0.1, -0.05) is 11.6 Å². The highest BCUT2D eigenvalue weighted by molar-refractivity contribution is 6.31. The minimum absolute atomic E-state index is 0.558. The molecule has 0 atom stereocenters. The van der Waals surface area contributed by atoms with E-state index in [-0.39, 0.29) is 0 Å². The summed E-state index contributed by atoms with van der Waals surface area (Å²) in [5, 5.41) is 1.52. The van der Waals surface area contributed by atoms with E-state index in [1.807, 2.05) is 12.1 Å². The lowest BCUT2D eigenvalue weighted by Gasteiger charge is -2.00. The highest BCUT2D eigenvalue weighted by Crippen LogP contribution is 2.17. The van der Waals surface area contributed by atoms with Gasteiger partial charge in [0.25, 0.3) is 0 Å². The van der Waals surface area contributed by atoms with Crippen LogP contribution in [0.2, 0.25) is 5.02 Å². The number of rotatable bonds is 1. The zero-order valence-corrected chi connectivity index (χ0v) is 7.75. The minimum atomic E-state index is 0.558. The Kier molecular flexibility index (Phi) is 2.02. The van der Waals surface area contributed by atoms with Crippen LogP contribution in [0.25, 0.3) is 11.0 Å². The van der Waals surface area contributed by atoms with Gasteiger partial charge < -0.3 is 4.74 Å². The summed E-state index contributed by atoms with van der Waals surface area (Å²) in [5.74, 6) is 0.558. The molecular formula is C9H7ClN2O. The molecule has 0 amide bonds. The monoisotopic (exact) mass is 194 g/mol. The molecule has 0 bridgehead atoms. The molecule has 2 aromatic rings. The number of hydrogen-bond donors (Lipinski definition) is 0. The molecule has 0 aliphatic heterocycles. The van der Waals surface area contributed by atoms with Crippen molar-refractivity contribution < 1.29 is 4.74 Å². The van der Waals surface area contributed by atoms with E-state index in [0.29, 0.717) is 16.5 Å². The zero-order valence-electron chi connectivity index (χ0n) is 6.99. The highest BCUT2D eigenvalue weighted by atomic mass is 35.5. The first-order valence-corrected chi connectivity index (χ1v) is 4.14. The van der Waals surface area contributed by atoms with Crippen LogP contribution in [0.3, 0.4) is 0 Å². The molecule has 0 saturated heterocycles. The molecule has 13 heavy (non-hydrogen) atoms. The van der Waals surface area contributed by atoms with Gasteiger partial charge in [0.1, 0.15) is 0 Å². The number of halogens is 1. The average molecular weight is 195 g/mol. The van der Waals surface area contributed by atoms with E-state index in [4.69, 9.17) is 16.3 Å². The van der Waals surface area contributed by atoms with Gasteiger partial charge in [0.15, 0.2) is 5.65 Å². The molecule has 2 aromatic heterocycles. The van der Waals surface area contributed by atoms with Gasteiger partial charge in [-0.3, -0.25) is 0 Å². The zero-order chi connectivity index (χ0) is 9.26. The number of pyridine rings is 2. The van der Waals surface area contributed by atoms with Gasteiger partial charge in [-0.2, -0.15) is 4.98 Å². The average Bonchev–Trinajstić information content (AvgIpc) is 2.17. The Balaban J connectivity index is 2.66. The molecule has 0 fully saturated rings. The van der Waals surface area contributed by atoms with E-state index in [9.17, 15) is 0 Å². The topological polar surface area (TPSA) is 35.0 Å². The minimum Gasteiger partial charge on any atom is -0.481 e. The summed E-state index contributed by atoms with van der Waals surface area (Å²) in [6, 6.07) is 5.47. The fourth-order valence-electron chi connectivity index (χ4n) is 1.08. The van der Waals surface area contributed by atoms with Crippen LogP contribution in [0, 0.1) is 0 Å². The Morgan fingerprint density at radius 3 is 3.00 bits per heavy atom. The van der Waals surface area contributed by atoms with Crippen molar-refractivity contribution in [2.24, 2.45) is 0 Å². The van der Waals surface area contributed by atoms with E-state index in [2.05, 4.69) is 9.97 Å². The van der Waals surface area contributed by atoms with Crippen LogP contribution < -0.4 is 4.74 Å². The lowest BCUT2D eigenvalue weighted by molar-refractivity contribution is 0.399. The van der Waals surface area contributed by atoms with Crippen LogP contribution in [0.1, 0.15) is 0 Å². The molecule has 0 unspecified atom stereocenters. The lowest BCUT2D eigenvalue weighted by Crippen LogP contribution is -1.89. The summed E-state index contributed by atoms with van der Waals surface area (Å²) in [4.78, 5) is 8.21. The summed E-state index contributed by atoms with van der Waals surface area (Å²) in [5.41, 5.74) is 0.642. The summed E-state index contributed by atoms with van der Waals surface area (Å²) in [6.07, 6.45) is 1.57. The standard InChI is InChI=1S/C9H7ClN2O/c1-13-8-3-2-6-4-7(10)5-11-9(6)12-8/h2-5H,1H3. The predicted octanol–water partition coefficient (Wildman–Crippen LogP) is 2.29. The predicted molar refractivity (Wildman–Crippen MR) is 51.1 cm³/mol. The number of hydrogen-bond acceptors (Lipinski definition) is 3. The van der Waals surface area contributed by atoms with Crippen molar-refractivity contribution in [1.29, 1.82) is 0 Å². The van der Waals surface area contributed by atoms with E-state index >= 15 is 0 Å². The Hall–Kier alpha value is -1.35. The van der Waals surface area contributed by atoms with Crippen LogP contribution in [0.4, 0.5) is 0 Å². The quantitative estimate of drug-likeness (QED) is 0.699. The first-order valence-electron chi connectivity index (χ1n) is 3.76. The second-order valence-electron chi connectivity index (χ2n) is 2.55. The number of nitrogens with zero attached hydrogens (tertiary/aromatic N) is 2. The Labute approximate surface area is 80.3 Å². The molecule has 66 valence electrons. The SMILES string of the molecule is COc1ccc2cc(Cl)cnc2n1. The first kappa shape index (κ1) is 8.26. The molecule has 3 nitrogen and oxygen atoms in total. The van der Waals surface area contributed by atoms with Crippen molar-refractivity contribution in [3.8, 4) is 5.88 Å². The van der Waals surface area contributed by atoms with Gasteiger partial charge in [-0.05, 0) is 12.1 Å². The molecule has 0 N–H and O–H groups in total. The van der Waals surface area contributed by atoms with Crippen molar-refractivity contribution in [2.45, 2.75) is 0 Å². The maximum Gasteiger partial charge on any atom is 0.215 e. The van der Waals surface area contributed by atoms with E-state index < -0.39 is 0 Å². The highest BCUT2D eigenvalue weighted by Gasteiger charge is 1.99. The van der Waals surface area contributed by atoms with Crippen molar-refractivity contribution in [3.63, 3.8) is 0 Å². The van der Waals surface area contributed by atoms with Gasteiger partial charge in [-0.15, -0.1) is 0 Å². The summed E-state index contributed by atoms with van der Waals surface area (Å²) in [7, 11) is 1.57. The number of fused-ring (bicyclic) bond motifs is 1. The van der Waals surface area contributed by atoms with Crippen LogP contribution in [0.5, 0.6) is 5.88 Å². The Morgan fingerprint density at radius 2 is 2.23 bits per heavy atom. The molecule has 0 spiro atoms. The second-order valence-corrected chi connectivity index (χ2v) is 2.99. The second kappa shape index (κ2) is 3.18. The number of methoxy groups -OCH3 is 1. The van der Waals surface area contributed by atoms with E-state index in [0.717, 1.165) is 5.39 Å². The lowest BCUT2D eigenvalue weighted by atomic mass is 10.3. The third-order valence-corrected chi connectivity index (χ3v) is 1.90. The van der Waals surface area contributed by atoms with Crippen molar-refractivity contribution in [2.75, 3.05) is 7.11 Å². The molecule has 0 aliphatic rings. The van der Waals surface area contributed by atoms with Crippen LogP contribution >= 0.6 is 11.6 Å².